The summed E-state index contributed by atoms with van der Waals surface area (Å²) in [6.07, 6.45) is 0.737. The summed E-state index contributed by atoms with van der Waals surface area (Å²) in [6, 6.07) is 17.6. The number of ether oxygens (including phenoxy) is 1. The van der Waals surface area contributed by atoms with Gasteiger partial charge in [-0.05, 0) is 35.9 Å². The molecule has 0 spiro atoms. The van der Waals surface area contributed by atoms with Crippen molar-refractivity contribution in [1.29, 1.82) is 0 Å². The Morgan fingerprint density at radius 2 is 1.84 bits per heavy atom. The van der Waals surface area contributed by atoms with E-state index in [0.717, 1.165) is 12.0 Å². The van der Waals surface area contributed by atoms with Gasteiger partial charge in [0.2, 0.25) is 5.88 Å². The largest absolute Gasteiger partial charge is 0.478 e. The van der Waals surface area contributed by atoms with Gasteiger partial charge in [0, 0.05) is 23.1 Å². The van der Waals surface area contributed by atoms with Gasteiger partial charge in [0.15, 0.2) is 0 Å². The lowest BCUT2D eigenvalue weighted by Crippen LogP contribution is -2.03. The molecule has 0 saturated carbocycles. The first-order valence-electron chi connectivity index (χ1n) is 7.66. The molecule has 0 amide bonds. The molecule has 0 fully saturated rings. The Bertz CT molecular complexity index is 865. The second-order valence-corrected chi connectivity index (χ2v) is 5.80. The van der Waals surface area contributed by atoms with Crippen molar-refractivity contribution in [2.75, 3.05) is 6.61 Å². The number of aromatic carboxylic acids is 1. The van der Waals surface area contributed by atoms with Crippen molar-refractivity contribution in [2.24, 2.45) is 0 Å². The van der Waals surface area contributed by atoms with Crippen LogP contribution in [0.2, 0.25) is 5.02 Å². The first kappa shape index (κ1) is 16.9. The van der Waals surface area contributed by atoms with E-state index >= 15 is 0 Å². The highest BCUT2D eigenvalue weighted by atomic mass is 35.5. The molecule has 126 valence electrons. The molecule has 0 bridgehead atoms. The molecule has 3 rings (SSSR count). The predicted molar refractivity (Wildman–Crippen MR) is 95.1 cm³/mol. The van der Waals surface area contributed by atoms with Gasteiger partial charge in [-0.25, -0.2) is 4.79 Å². The Labute approximate surface area is 149 Å². The summed E-state index contributed by atoms with van der Waals surface area (Å²) >= 11 is 5.85. The van der Waals surface area contributed by atoms with Crippen molar-refractivity contribution in [3.63, 3.8) is 0 Å². The zero-order chi connectivity index (χ0) is 17.6. The highest BCUT2D eigenvalue weighted by Gasteiger charge is 2.07. The minimum absolute atomic E-state index is 0.211. The number of aromatic nitrogens is 2. The second-order valence-electron chi connectivity index (χ2n) is 5.37. The molecule has 0 radical (unpaired) electrons. The van der Waals surface area contributed by atoms with Crippen LogP contribution in [0.25, 0.3) is 11.3 Å². The lowest BCUT2D eigenvalue weighted by Gasteiger charge is -2.06. The average Bonchev–Trinajstić information content (AvgIpc) is 2.64. The van der Waals surface area contributed by atoms with E-state index < -0.39 is 5.97 Å². The van der Waals surface area contributed by atoms with E-state index in [1.165, 1.54) is 6.07 Å². The van der Waals surface area contributed by atoms with Crippen molar-refractivity contribution in [3.8, 4) is 17.1 Å². The first-order chi connectivity index (χ1) is 12.1. The highest BCUT2D eigenvalue weighted by Crippen LogP contribution is 2.19. The average molecular weight is 355 g/mol. The van der Waals surface area contributed by atoms with E-state index in [2.05, 4.69) is 10.2 Å². The summed E-state index contributed by atoms with van der Waals surface area (Å²) < 4.78 is 5.59. The molecule has 0 saturated heterocycles. The summed E-state index contributed by atoms with van der Waals surface area (Å²) in [7, 11) is 0. The van der Waals surface area contributed by atoms with Gasteiger partial charge in [-0.15, -0.1) is 10.2 Å². The van der Waals surface area contributed by atoms with E-state index in [9.17, 15) is 4.79 Å². The topological polar surface area (TPSA) is 72.3 Å². The van der Waals surface area contributed by atoms with Gasteiger partial charge >= 0.3 is 5.97 Å². The van der Waals surface area contributed by atoms with E-state index in [4.69, 9.17) is 21.4 Å². The minimum atomic E-state index is -0.975. The highest BCUT2D eigenvalue weighted by molar-refractivity contribution is 6.30. The fraction of sp³-hybridized carbons (Fsp3) is 0.105. The lowest BCUT2D eigenvalue weighted by atomic mass is 10.1. The Kier molecular flexibility index (Phi) is 5.26. The number of nitrogens with zero attached hydrogens (tertiary/aromatic N) is 2. The van der Waals surface area contributed by atoms with Gasteiger partial charge in [-0.1, -0.05) is 35.9 Å². The first-order valence-corrected chi connectivity index (χ1v) is 8.04. The number of carboxylic acids is 1. The zero-order valence-electron chi connectivity index (χ0n) is 13.2. The molecule has 3 aromatic rings. The third-order valence-electron chi connectivity index (χ3n) is 3.60. The standard InChI is InChI=1S/C19H15ClN2O3/c20-16-6-4-13(5-7-16)10-11-25-18-9-8-17(21-22-18)14-2-1-3-15(12-14)19(23)24/h1-9,12H,10-11H2,(H,23,24). The molecule has 0 unspecified atom stereocenters. The van der Waals surface area contributed by atoms with E-state index in [1.807, 2.05) is 24.3 Å². The van der Waals surface area contributed by atoms with Crippen LogP contribution in [0.4, 0.5) is 0 Å². The van der Waals surface area contributed by atoms with Crippen molar-refractivity contribution in [3.05, 3.63) is 76.8 Å². The summed E-state index contributed by atoms with van der Waals surface area (Å²) in [5.41, 5.74) is 2.62. The third-order valence-corrected chi connectivity index (χ3v) is 3.85. The van der Waals surface area contributed by atoms with Gasteiger partial charge in [0.25, 0.3) is 0 Å². The third kappa shape index (κ3) is 4.55. The number of hydrogen-bond donors (Lipinski definition) is 1. The van der Waals surface area contributed by atoms with Gasteiger partial charge in [-0.3, -0.25) is 0 Å². The van der Waals surface area contributed by atoms with E-state index in [1.54, 1.807) is 30.3 Å². The van der Waals surface area contributed by atoms with Gasteiger partial charge in [-0.2, -0.15) is 0 Å². The molecule has 0 atom stereocenters. The van der Waals surface area contributed by atoms with Crippen LogP contribution >= 0.6 is 11.6 Å². The van der Waals surface area contributed by atoms with Crippen LogP contribution in [0, 0.1) is 0 Å². The van der Waals surface area contributed by atoms with Crippen molar-refractivity contribution >= 4 is 17.6 Å². The molecule has 5 nitrogen and oxygen atoms in total. The predicted octanol–water partition coefficient (Wildman–Crippen LogP) is 4.12. The zero-order valence-corrected chi connectivity index (χ0v) is 14.0. The molecule has 0 aliphatic rings. The normalized spacial score (nSPS) is 10.4. The van der Waals surface area contributed by atoms with Crippen LogP contribution in [-0.4, -0.2) is 27.9 Å². The van der Waals surface area contributed by atoms with Crippen molar-refractivity contribution in [1.82, 2.24) is 10.2 Å². The molecule has 2 aromatic carbocycles. The molecule has 25 heavy (non-hydrogen) atoms. The Balaban J connectivity index is 1.61. The molecular formula is C19H15ClN2O3. The lowest BCUT2D eigenvalue weighted by molar-refractivity contribution is 0.0697. The maximum absolute atomic E-state index is 11.0. The van der Waals surface area contributed by atoms with Crippen molar-refractivity contribution in [2.45, 2.75) is 6.42 Å². The molecule has 1 heterocycles. The molecule has 6 heteroatoms. The number of halogens is 1. The Morgan fingerprint density at radius 1 is 1.04 bits per heavy atom. The summed E-state index contributed by atoms with van der Waals surface area (Å²) in [5.74, 6) is -0.552. The van der Waals surface area contributed by atoms with Gasteiger partial charge in [0.05, 0.1) is 17.9 Å². The van der Waals surface area contributed by atoms with Crippen molar-refractivity contribution < 1.29 is 14.6 Å². The maximum Gasteiger partial charge on any atom is 0.335 e. The fourth-order valence-corrected chi connectivity index (χ4v) is 2.41. The van der Waals surface area contributed by atoms with Crippen LogP contribution in [0.3, 0.4) is 0 Å². The smallest absolute Gasteiger partial charge is 0.335 e. The Hall–Kier alpha value is -2.92. The van der Waals surface area contributed by atoms with Gasteiger partial charge in [0.1, 0.15) is 0 Å². The number of benzene rings is 2. The fourth-order valence-electron chi connectivity index (χ4n) is 2.29. The summed E-state index contributed by atoms with van der Waals surface area (Å²) in [5, 5.41) is 17.9. The Morgan fingerprint density at radius 3 is 2.52 bits per heavy atom. The van der Waals surface area contributed by atoms with Crippen LogP contribution in [0.5, 0.6) is 5.88 Å². The number of hydrogen-bond acceptors (Lipinski definition) is 4. The van der Waals surface area contributed by atoms with Gasteiger partial charge < -0.3 is 9.84 Å². The maximum atomic E-state index is 11.0. The van der Waals surface area contributed by atoms with Crippen LogP contribution < -0.4 is 4.74 Å². The quantitative estimate of drug-likeness (QED) is 0.721. The van der Waals surface area contributed by atoms with Crippen LogP contribution in [0.1, 0.15) is 15.9 Å². The number of carbonyl (C=O) groups is 1. The molecule has 0 aliphatic carbocycles. The second kappa shape index (κ2) is 7.77. The number of carboxylic acid groups (broad SMARTS) is 1. The molecular weight excluding hydrogens is 340 g/mol. The monoisotopic (exact) mass is 354 g/mol. The molecule has 0 aliphatic heterocycles. The number of rotatable bonds is 6. The molecule has 1 N–H and O–H groups in total. The van der Waals surface area contributed by atoms with Crippen LogP contribution in [-0.2, 0) is 6.42 Å². The van der Waals surface area contributed by atoms with E-state index in [-0.39, 0.29) is 5.56 Å². The minimum Gasteiger partial charge on any atom is -0.478 e. The van der Waals surface area contributed by atoms with E-state index in [0.29, 0.717) is 28.8 Å². The summed E-state index contributed by atoms with van der Waals surface area (Å²) in [4.78, 5) is 11.0. The summed E-state index contributed by atoms with van der Waals surface area (Å²) in [6.45, 7) is 0.476. The van der Waals surface area contributed by atoms with Crippen LogP contribution in [0.15, 0.2) is 60.7 Å². The molecule has 1 aromatic heterocycles. The SMILES string of the molecule is O=C(O)c1cccc(-c2ccc(OCCc3ccc(Cl)cc3)nn2)c1.